The van der Waals surface area contributed by atoms with E-state index in [9.17, 15) is 9.59 Å². The average Bonchev–Trinajstić information content (AvgIpc) is 2.84. The van der Waals surface area contributed by atoms with E-state index in [1.165, 1.54) is 4.57 Å². The molecule has 0 spiro atoms. The fourth-order valence-corrected chi connectivity index (χ4v) is 2.51. The van der Waals surface area contributed by atoms with E-state index >= 15 is 0 Å². The Hall–Kier alpha value is -2.15. The van der Waals surface area contributed by atoms with Crippen molar-refractivity contribution >= 4 is 27.1 Å². The lowest BCUT2D eigenvalue weighted by Gasteiger charge is -1.99. The van der Waals surface area contributed by atoms with Crippen LogP contribution in [0.1, 0.15) is 6.92 Å². The summed E-state index contributed by atoms with van der Waals surface area (Å²) in [7, 11) is 0. The molecule has 0 amide bonds. The molecule has 0 unspecified atom stereocenters. The number of imidazole rings is 1. The maximum atomic E-state index is 11.8. The SMILES string of the molecule is CCn1c(=O)[nH]c(=O)c2[nH]c(-c3cccc(Br)c3)nc21. The molecular formula is C13H11BrN4O2. The van der Waals surface area contributed by atoms with Crippen molar-refractivity contribution < 1.29 is 0 Å². The molecule has 20 heavy (non-hydrogen) atoms. The first-order valence-electron chi connectivity index (χ1n) is 6.09. The van der Waals surface area contributed by atoms with Crippen molar-refractivity contribution in [3.05, 3.63) is 49.6 Å². The Labute approximate surface area is 121 Å². The standard InChI is InChI=1S/C13H11BrN4O2/c1-2-18-11-9(12(19)17-13(18)20)15-10(16-11)7-4-3-5-8(14)6-7/h3-6H,2H2,1H3,(H,15,16)(H,17,19,20). The highest BCUT2D eigenvalue weighted by atomic mass is 79.9. The molecular weight excluding hydrogens is 324 g/mol. The summed E-state index contributed by atoms with van der Waals surface area (Å²) in [6, 6.07) is 7.55. The molecule has 0 saturated carbocycles. The largest absolute Gasteiger partial charge is 0.332 e. The van der Waals surface area contributed by atoms with Crippen molar-refractivity contribution in [2.75, 3.05) is 0 Å². The summed E-state index contributed by atoms with van der Waals surface area (Å²) in [6.07, 6.45) is 0. The molecule has 0 aliphatic heterocycles. The Morgan fingerprint density at radius 2 is 2.10 bits per heavy atom. The van der Waals surface area contributed by atoms with Crippen LogP contribution in [0.5, 0.6) is 0 Å². The van der Waals surface area contributed by atoms with Gasteiger partial charge in [0.2, 0.25) is 0 Å². The Kier molecular flexibility index (Phi) is 3.06. The van der Waals surface area contributed by atoms with Gasteiger partial charge in [-0.05, 0) is 19.1 Å². The summed E-state index contributed by atoms with van der Waals surface area (Å²) in [6.45, 7) is 2.27. The average molecular weight is 335 g/mol. The van der Waals surface area contributed by atoms with Gasteiger partial charge in [-0.15, -0.1) is 0 Å². The van der Waals surface area contributed by atoms with Gasteiger partial charge >= 0.3 is 5.69 Å². The number of aromatic nitrogens is 4. The fourth-order valence-electron chi connectivity index (χ4n) is 2.11. The Bertz CT molecular complexity index is 907. The highest BCUT2D eigenvalue weighted by molar-refractivity contribution is 9.10. The minimum Gasteiger partial charge on any atom is -0.332 e. The van der Waals surface area contributed by atoms with Crippen LogP contribution < -0.4 is 11.2 Å². The summed E-state index contributed by atoms with van der Waals surface area (Å²) in [5.74, 6) is 0.555. The van der Waals surface area contributed by atoms with Crippen molar-refractivity contribution in [2.45, 2.75) is 13.5 Å². The molecule has 7 heteroatoms. The normalized spacial score (nSPS) is 11.1. The van der Waals surface area contributed by atoms with Gasteiger partial charge < -0.3 is 4.98 Å². The van der Waals surface area contributed by atoms with E-state index in [-0.39, 0.29) is 0 Å². The molecule has 0 saturated heterocycles. The van der Waals surface area contributed by atoms with Crippen molar-refractivity contribution in [3.63, 3.8) is 0 Å². The van der Waals surface area contributed by atoms with Crippen LogP contribution >= 0.6 is 15.9 Å². The summed E-state index contributed by atoms with van der Waals surface area (Å²) in [5, 5.41) is 0. The van der Waals surface area contributed by atoms with E-state index in [0.29, 0.717) is 23.5 Å². The van der Waals surface area contributed by atoms with Gasteiger partial charge in [-0.2, -0.15) is 0 Å². The number of halogens is 1. The summed E-state index contributed by atoms with van der Waals surface area (Å²) in [4.78, 5) is 33.2. The second-order valence-corrected chi connectivity index (χ2v) is 5.21. The lowest BCUT2D eigenvalue weighted by molar-refractivity contribution is 0.720. The number of fused-ring (bicyclic) bond motifs is 1. The zero-order valence-corrected chi connectivity index (χ0v) is 12.2. The number of H-pyrrole nitrogens is 2. The molecule has 1 aromatic carbocycles. The molecule has 0 atom stereocenters. The molecule has 3 aromatic rings. The topological polar surface area (TPSA) is 83.5 Å². The molecule has 2 N–H and O–H groups in total. The number of hydrogen-bond donors (Lipinski definition) is 2. The number of nitrogens with one attached hydrogen (secondary N) is 2. The maximum absolute atomic E-state index is 11.8. The van der Waals surface area contributed by atoms with Crippen LogP contribution in [-0.2, 0) is 6.54 Å². The van der Waals surface area contributed by atoms with E-state index < -0.39 is 11.2 Å². The molecule has 0 fully saturated rings. The van der Waals surface area contributed by atoms with Gasteiger partial charge in [0.15, 0.2) is 5.65 Å². The first-order valence-corrected chi connectivity index (χ1v) is 6.88. The molecule has 0 aliphatic carbocycles. The van der Waals surface area contributed by atoms with E-state index in [1.807, 2.05) is 31.2 Å². The monoisotopic (exact) mass is 334 g/mol. The molecule has 0 bridgehead atoms. The summed E-state index contributed by atoms with van der Waals surface area (Å²) < 4.78 is 2.34. The smallest absolute Gasteiger partial charge is 0.330 e. The number of nitrogens with zero attached hydrogens (tertiary/aromatic N) is 2. The fraction of sp³-hybridized carbons (Fsp3) is 0.154. The highest BCUT2D eigenvalue weighted by Gasteiger charge is 2.13. The second kappa shape index (κ2) is 4.75. The number of aryl methyl sites for hydroxylation is 1. The Morgan fingerprint density at radius 1 is 1.30 bits per heavy atom. The molecule has 0 aliphatic rings. The quantitative estimate of drug-likeness (QED) is 0.750. The van der Waals surface area contributed by atoms with Crippen molar-refractivity contribution in [2.24, 2.45) is 0 Å². The maximum Gasteiger partial charge on any atom is 0.330 e. The van der Waals surface area contributed by atoms with E-state index in [4.69, 9.17) is 0 Å². The van der Waals surface area contributed by atoms with Crippen LogP contribution in [0.4, 0.5) is 0 Å². The van der Waals surface area contributed by atoms with Crippen LogP contribution in [0.15, 0.2) is 38.3 Å². The van der Waals surface area contributed by atoms with E-state index in [0.717, 1.165) is 10.0 Å². The molecule has 3 rings (SSSR count). The van der Waals surface area contributed by atoms with Crippen LogP contribution in [0.3, 0.4) is 0 Å². The van der Waals surface area contributed by atoms with Crippen molar-refractivity contribution in [1.29, 1.82) is 0 Å². The molecule has 6 nitrogen and oxygen atoms in total. The Balaban J connectivity index is 2.33. The number of hydrogen-bond acceptors (Lipinski definition) is 3. The number of aromatic amines is 2. The number of benzene rings is 1. The van der Waals surface area contributed by atoms with Gasteiger partial charge in [-0.3, -0.25) is 14.3 Å². The Morgan fingerprint density at radius 3 is 2.80 bits per heavy atom. The van der Waals surface area contributed by atoms with Gasteiger partial charge in [0.25, 0.3) is 5.56 Å². The molecule has 102 valence electrons. The van der Waals surface area contributed by atoms with Crippen LogP contribution in [-0.4, -0.2) is 19.5 Å². The van der Waals surface area contributed by atoms with Crippen LogP contribution in [0.25, 0.3) is 22.6 Å². The van der Waals surface area contributed by atoms with Crippen molar-refractivity contribution in [1.82, 2.24) is 19.5 Å². The highest BCUT2D eigenvalue weighted by Crippen LogP contribution is 2.21. The van der Waals surface area contributed by atoms with E-state index in [1.54, 1.807) is 0 Å². The third kappa shape index (κ3) is 2.00. The zero-order valence-electron chi connectivity index (χ0n) is 10.6. The minimum absolute atomic E-state index is 0.307. The van der Waals surface area contributed by atoms with Gasteiger partial charge in [-0.25, -0.2) is 9.78 Å². The summed E-state index contributed by atoms with van der Waals surface area (Å²) >= 11 is 3.39. The first kappa shape index (κ1) is 12.9. The second-order valence-electron chi connectivity index (χ2n) is 4.30. The van der Waals surface area contributed by atoms with Crippen molar-refractivity contribution in [3.8, 4) is 11.4 Å². The zero-order chi connectivity index (χ0) is 14.3. The van der Waals surface area contributed by atoms with Crippen LogP contribution in [0, 0.1) is 0 Å². The predicted molar refractivity (Wildman–Crippen MR) is 79.8 cm³/mol. The van der Waals surface area contributed by atoms with Gasteiger partial charge in [-0.1, -0.05) is 28.1 Å². The number of rotatable bonds is 2. The van der Waals surface area contributed by atoms with Gasteiger partial charge in [0, 0.05) is 16.6 Å². The minimum atomic E-state index is -0.455. The van der Waals surface area contributed by atoms with Gasteiger partial charge in [0.05, 0.1) is 0 Å². The molecule has 2 heterocycles. The van der Waals surface area contributed by atoms with Gasteiger partial charge in [0.1, 0.15) is 11.3 Å². The first-order chi connectivity index (χ1) is 9.60. The van der Waals surface area contributed by atoms with E-state index in [2.05, 4.69) is 30.9 Å². The lowest BCUT2D eigenvalue weighted by Crippen LogP contribution is -2.29. The van der Waals surface area contributed by atoms with Crippen LogP contribution in [0.2, 0.25) is 0 Å². The lowest BCUT2D eigenvalue weighted by atomic mass is 10.2. The predicted octanol–water partition coefficient (Wildman–Crippen LogP) is 1.86. The third-order valence-electron chi connectivity index (χ3n) is 3.05. The third-order valence-corrected chi connectivity index (χ3v) is 3.54. The molecule has 0 radical (unpaired) electrons. The summed E-state index contributed by atoms with van der Waals surface area (Å²) in [5.41, 5.74) is 0.614. The molecule has 2 aromatic heterocycles.